The van der Waals surface area contributed by atoms with E-state index in [1.807, 2.05) is 37.3 Å². The Balaban J connectivity index is 1.81. The van der Waals surface area contributed by atoms with Crippen LogP contribution in [0.5, 0.6) is 0 Å². The number of amides is 1. The van der Waals surface area contributed by atoms with Crippen LogP contribution in [-0.4, -0.2) is 25.8 Å². The smallest absolute Gasteiger partial charge is 0.217 e. The Morgan fingerprint density at radius 2 is 1.88 bits per heavy atom. The number of nitrogens with zero attached hydrogens (tertiary/aromatic N) is 4. The summed E-state index contributed by atoms with van der Waals surface area (Å²) < 4.78 is 30.1. The largest absolute Gasteiger partial charge is 0.424 e. The van der Waals surface area contributed by atoms with Gasteiger partial charge in [0.15, 0.2) is 0 Å². The summed E-state index contributed by atoms with van der Waals surface area (Å²) in [5.41, 5.74) is 3.41. The zero-order valence-corrected chi connectivity index (χ0v) is 14.4. The van der Waals surface area contributed by atoms with E-state index >= 15 is 0 Å². The number of carbonyl (C=O) groups is 1. The van der Waals surface area contributed by atoms with Gasteiger partial charge in [-0.1, -0.05) is 36.4 Å². The molecule has 7 heteroatoms. The van der Waals surface area contributed by atoms with Crippen molar-refractivity contribution in [2.24, 2.45) is 0 Å². The third-order valence-corrected chi connectivity index (χ3v) is 4.86. The number of rotatable bonds is 3. The van der Waals surface area contributed by atoms with Gasteiger partial charge in [0.1, 0.15) is 10.6 Å². The third-order valence-electron chi connectivity index (χ3n) is 4.86. The fraction of sp³-hybridized carbons (Fsp3) is 0.211. The molecule has 26 heavy (non-hydrogen) atoms. The Hall–Kier alpha value is -2.93. The van der Waals surface area contributed by atoms with Crippen LogP contribution in [0, 0.1) is 6.92 Å². The second-order valence-corrected chi connectivity index (χ2v) is 6.36. The van der Waals surface area contributed by atoms with Gasteiger partial charge in [0.05, 0.1) is 25.9 Å². The molecule has 0 N–H and O–H groups in total. The van der Waals surface area contributed by atoms with Crippen LogP contribution in [-0.2, 0) is 0 Å². The van der Waals surface area contributed by atoms with Crippen molar-refractivity contribution in [1.29, 1.82) is 0 Å². The molecule has 2 heterocycles. The molecule has 0 saturated heterocycles. The van der Waals surface area contributed by atoms with Crippen molar-refractivity contribution >= 4 is 5.91 Å². The van der Waals surface area contributed by atoms with E-state index in [1.54, 1.807) is 23.7 Å². The maximum Gasteiger partial charge on any atom is 0.424 e. The molecule has 3 aromatic rings. The number of hydrogen-bond donors (Lipinski definition) is 0. The summed E-state index contributed by atoms with van der Waals surface area (Å²) in [6.45, 7) is 3.53. The van der Waals surface area contributed by atoms with Crippen LogP contribution in [0.1, 0.15) is 41.0 Å². The van der Waals surface area contributed by atoms with Gasteiger partial charge in [0.2, 0.25) is 6.04 Å². The fourth-order valence-electron chi connectivity index (χ4n) is 3.52. The number of fused-ring (bicyclic) bond motifs is 1. The number of benzene rings is 2. The number of carbonyl (C=O) groups excluding carboxylic acids is 1. The Labute approximate surface area is 148 Å². The first-order valence-electron chi connectivity index (χ1n) is 8.40. The molecule has 1 amide bonds. The van der Waals surface area contributed by atoms with E-state index in [0.29, 0.717) is 16.8 Å². The zero-order chi connectivity index (χ0) is 18.5. The molecule has 0 saturated carbocycles. The summed E-state index contributed by atoms with van der Waals surface area (Å²) in [4.78, 5) is 9.36. The molecule has 5 nitrogen and oxygen atoms in total. The van der Waals surface area contributed by atoms with Gasteiger partial charge in [-0.15, -0.1) is 5.10 Å². The van der Waals surface area contributed by atoms with Crippen LogP contribution < -0.4 is 0 Å². The summed E-state index contributed by atoms with van der Waals surface area (Å²) in [7, 11) is 0. The van der Waals surface area contributed by atoms with Crippen molar-refractivity contribution in [3.63, 3.8) is 0 Å². The average molecular weight is 355 g/mol. The first kappa shape index (κ1) is 16.5. The van der Waals surface area contributed by atoms with E-state index in [-0.39, 0.29) is 12.0 Å². The number of para-hydroxylation sites is 1. The van der Waals surface area contributed by atoms with E-state index in [1.165, 1.54) is 6.07 Å². The van der Waals surface area contributed by atoms with Crippen LogP contribution in [0.2, 0.25) is 0 Å². The molecule has 0 aliphatic carbocycles. The molecule has 0 radical (unpaired) electrons. The summed E-state index contributed by atoms with van der Waals surface area (Å²) >= 11 is 0. The van der Waals surface area contributed by atoms with Gasteiger partial charge in [0, 0.05) is 17.5 Å². The van der Waals surface area contributed by atoms with Crippen LogP contribution >= 0.6 is 0 Å². The zero-order valence-electron chi connectivity index (χ0n) is 14.4. The van der Waals surface area contributed by atoms with Crippen LogP contribution in [0.3, 0.4) is 0 Å². The number of quaternary nitrogens is 1. The fourth-order valence-corrected chi connectivity index (χ4v) is 3.52. The molecule has 0 spiro atoms. The third kappa shape index (κ3) is 2.28. The maximum atomic E-state index is 14.2. The molecule has 1 unspecified atom stereocenters. The van der Waals surface area contributed by atoms with Crippen LogP contribution in [0.25, 0.3) is 16.9 Å². The van der Waals surface area contributed by atoms with Gasteiger partial charge >= 0.3 is 5.91 Å². The van der Waals surface area contributed by atoms with Crippen molar-refractivity contribution < 1.29 is 18.7 Å². The molecule has 1 aliphatic rings. The highest BCUT2D eigenvalue weighted by Gasteiger charge is 2.58. The van der Waals surface area contributed by atoms with E-state index in [0.717, 1.165) is 11.4 Å². The molecule has 0 fully saturated rings. The van der Waals surface area contributed by atoms with E-state index in [9.17, 15) is 13.8 Å². The van der Waals surface area contributed by atoms with Crippen molar-refractivity contribution in [2.75, 3.05) is 0 Å². The van der Waals surface area contributed by atoms with Crippen LogP contribution in [0.15, 0.2) is 48.5 Å². The highest BCUT2D eigenvalue weighted by Crippen LogP contribution is 2.45. The number of hydrogen-bond acceptors (Lipinski definition) is 3. The molecule has 2 aromatic carbocycles. The number of aromatic nitrogens is 3. The Morgan fingerprint density at radius 1 is 1.15 bits per heavy atom. The predicted molar refractivity (Wildman–Crippen MR) is 91.4 cm³/mol. The van der Waals surface area contributed by atoms with Crippen molar-refractivity contribution in [3.8, 4) is 16.9 Å². The van der Waals surface area contributed by atoms with Gasteiger partial charge < -0.3 is 0 Å². The number of halogens is 2. The second-order valence-electron chi connectivity index (χ2n) is 6.36. The van der Waals surface area contributed by atoms with Crippen molar-refractivity contribution in [3.05, 3.63) is 65.4 Å². The summed E-state index contributed by atoms with van der Waals surface area (Å²) in [6, 6.07) is 13.2. The highest BCUT2D eigenvalue weighted by molar-refractivity contribution is 5.93. The topological polar surface area (TPSA) is 47.8 Å². The Bertz CT molecular complexity index is 998. The predicted octanol–water partition coefficient (Wildman–Crippen LogP) is 4.43. The minimum absolute atomic E-state index is 0.0821. The van der Waals surface area contributed by atoms with Gasteiger partial charge in [-0.3, -0.25) is 0 Å². The molecular formula is C19H17F2N4O+. The molecule has 1 aliphatic heterocycles. The van der Waals surface area contributed by atoms with Gasteiger partial charge in [-0.25, -0.2) is 9.48 Å². The normalized spacial score (nSPS) is 18.2. The van der Waals surface area contributed by atoms with Gasteiger partial charge in [-0.05, 0) is 31.2 Å². The lowest BCUT2D eigenvalue weighted by molar-refractivity contribution is -1.12. The summed E-state index contributed by atoms with van der Waals surface area (Å²) in [5.74, 6) is -1.15. The summed E-state index contributed by atoms with van der Waals surface area (Å²) in [6.07, 6.45) is 0.172. The lowest BCUT2D eigenvalue weighted by atomic mass is 9.98. The van der Waals surface area contributed by atoms with E-state index in [2.05, 4.69) is 10.3 Å². The Kier molecular flexibility index (Phi) is 3.69. The lowest BCUT2D eigenvalue weighted by Crippen LogP contribution is -2.33. The van der Waals surface area contributed by atoms with Gasteiger partial charge in [0.25, 0.3) is 0 Å². The molecular weight excluding hydrogens is 338 g/mol. The molecule has 132 valence electrons. The highest BCUT2D eigenvalue weighted by atomic mass is 19.4. The maximum absolute atomic E-state index is 14.2. The standard InChI is InChI=1S/C19H17F2N4O/c1-3-17-16-11-13(9-10-15(16)19(26)25(17,20)21)18-12(2)24(23-22-18)14-7-5-4-6-8-14/h4-11,17H,3H2,1-2H3/q+1. The van der Waals surface area contributed by atoms with Crippen molar-refractivity contribution in [1.82, 2.24) is 15.0 Å². The molecule has 1 aromatic heterocycles. The summed E-state index contributed by atoms with van der Waals surface area (Å²) in [5, 5.41) is 8.42. The average Bonchev–Trinajstić information content (AvgIpc) is 3.11. The second kappa shape index (κ2) is 5.81. The lowest BCUT2D eigenvalue weighted by Gasteiger charge is -2.12. The molecule has 4 rings (SSSR count). The van der Waals surface area contributed by atoms with E-state index < -0.39 is 16.9 Å². The van der Waals surface area contributed by atoms with Crippen LogP contribution in [0.4, 0.5) is 8.96 Å². The first-order valence-corrected chi connectivity index (χ1v) is 8.40. The van der Waals surface area contributed by atoms with Gasteiger partial charge in [-0.2, -0.15) is 0 Å². The first-order chi connectivity index (χ1) is 12.4. The quantitative estimate of drug-likeness (QED) is 0.653. The monoisotopic (exact) mass is 355 g/mol. The minimum Gasteiger partial charge on any atom is -0.217 e. The molecule has 0 bridgehead atoms. The van der Waals surface area contributed by atoms with Crippen molar-refractivity contribution in [2.45, 2.75) is 26.3 Å². The molecule has 1 atom stereocenters. The SMILES string of the molecule is CCC1c2cc(-c3nnn(-c4ccccc4)c3C)ccc2C(=O)[N+]1(F)F. The minimum atomic E-state index is -2.62. The Morgan fingerprint density at radius 3 is 2.58 bits per heavy atom. The van der Waals surface area contributed by atoms with E-state index in [4.69, 9.17) is 0 Å².